The average Bonchev–Trinajstić information content (AvgIpc) is 1.90. The maximum absolute atomic E-state index is 9.64. The third-order valence-corrected chi connectivity index (χ3v) is 2.24. The Hall–Kier alpha value is -0.0800. The molecule has 1 aliphatic carbocycles. The van der Waals surface area contributed by atoms with Crippen molar-refractivity contribution in [2.45, 2.75) is 50.7 Å². The molecule has 0 aromatic carbocycles. The highest BCUT2D eigenvalue weighted by Gasteiger charge is 2.25. The number of nitrogens with two attached hydrogens (primary N) is 1. The van der Waals surface area contributed by atoms with Crippen molar-refractivity contribution in [2.24, 2.45) is 5.73 Å². The molecule has 2 nitrogen and oxygen atoms in total. The Balaban J connectivity index is 2.46. The number of hydrogen-bond donors (Lipinski definition) is 2. The van der Waals surface area contributed by atoms with Gasteiger partial charge < -0.3 is 10.8 Å². The van der Waals surface area contributed by atoms with Gasteiger partial charge in [-0.15, -0.1) is 0 Å². The van der Waals surface area contributed by atoms with E-state index in [-0.39, 0.29) is 6.04 Å². The van der Waals surface area contributed by atoms with E-state index in [1.54, 1.807) is 0 Å². The molecule has 10 heavy (non-hydrogen) atoms. The molecule has 0 radical (unpaired) electrons. The Morgan fingerprint density at radius 2 is 2.20 bits per heavy atom. The summed E-state index contributed by atoms with van der Waals surface area (Å²) in [5.41, 5.74) is 5.26. The monoisotopic (exact) mass is 143 g/mol. The highest BCUT2D eigenvalue weighted by molar-refractivity contribution is 4.81. The molecule has 0 heterocycles. The molecule has 0 spiro atoms. The van der Waals surface area contributed by atoms with E-state index in [2.05, 4.69) is 0 Å². The van der Waals surface area contributed by atoms with Crippen molar-refractivity contribution >= 4 is 0 Å². The van der Waals surface area contributed by atoms with E-state index >= 15 is 0 Å². The lowest BCUT2D eigenvalue weighted by Crippen LogP contribution is -2.32. The number of hydrogen-bond acceptors (Lipinski definition) is 2. The summed E-state index contributed by atoms with van der Waals surface area (Å²) in [6, 6.07) is 0.220. The Morgan fingerprint density at radius 1 is 1.50 bits per heavy atom. The van der Waals surface area contributed by atoms with Crippen LogP contribution in [-0.4, -0.2) is 16.7 Å². The summed E-state index contributed by atoms with van der Waals surface area (Å²) in [5.74, 6) is 0. The molecule has 0 amide bonds. The topological polar surface area (TPSA) is 46.2 Å². The van der Waals surface area contributed by atoms with Crippen molar-refractivity contribution < 1.29 is 5.11 Å². The van der Waals surface area contributed by atoms with Gasteiger partial charge in [0.2, 0.25) is 0 Å². The third-order valence-electron chi connectivity index (χ3n) is 2.24. The normalized spacial score (nSPS) is 42.9. The average molecular weight is 143 g/mol. The van der Waals surface area contributed by atoms with Crippen LogP contribution >= 0.6 is 0 Å². The summed E-state index contributed by atoms with van der Waals surface area (Å²) in [4.78, 5) is 0. The summed E-state index contributed by atoms with van der Waals surface area (Å²) in [5, 5.41) is 9.64. The molecule has 0 aromatic rings. The molecule has 2 unspecified atom stereocenters. The fourth-order valence-corrected chi connectivity index (χ4v) is 1.68. The predicted octanol–water partition coefficient (Wildman–Crippen LogP) is 1.03. The van der Waals surface area contributed by atoms with E-state index in [4.69, 9.17) is 5.73 Å². The van der Waals surface area contributed by atoms with Crippen LogP contribution in [0.25, 0.3) is 0 Å². The van der Waals surface area contributed by atoms with E-state index in [1.807, 2.05) is 6.92 Å². The summed E-state index contributed by atoms with van der Waals surface area (Å²) in [6.45, 7) is 1.89. The molecule has 1 fully saturated rings. The van der Waals surface area contributed by atoms with Crippen LogP contribution in [-0.2, 0) is 0 Å². The molecular formula is C8H17NO. The lowest BCUT2D eigenvalue weighted by molar-refractivity contribution is 0.0405. The van der Waals surface area contributed by atoms with Gasteiger partial charge in [-0.2, -0.15) is 0 Å². The highest BCUT2D eigenvalue weighted by Crippen LogP contribution is 2.25. The lowest BCUT2D eigenvalue weighted by Gasteiger charge is -2.22. The van der Waals surface area contributed by atoms with E-state index in [0.717, 1.165) is 25.7 Å². The standard InChI is InChI=1S/C8H17NO/c1-8(10)5-3-2-4-7(9)6-8/h7,10H,2-6,9H2,1H3. The highest BCUT2D eigenvalue weighted by atomic mass is 16.3. The van der Waals surface area contributed by atoms with Crippen LogP contribution in [0.1, 0.15) is 39.0 Å². The summed E-state index contributed by atoms with van der Waals surface area (Å²) in [6.07, 6.45) is 5.07. The van der Waals surface area contributed by atoms with Gasteiger partial charge in [0.15, 0.2) is 0 Å². The van der Waals surface area contributed by atoms with E-state index < -0.39 is 5.60 Å². The fraction of sp³-hybridized carbons (Fsp3) is 1.00. The molecule has 60 valence electrons. The van der Waals surface area contributed by atoms with Crippen LogP contribution in [0.3, 0.4) is 0 Å². The van der Waals surface area contributed by atoms with E-state index in [0.29, 0.717) is 0 Å². The van der Waals surface area contributed by atoms with Crippen LogP contribution in [0, 0.1) is 0 Å². The first kappa shape index (κ1) is 8.02. The molecule has 0 bridgehead atoms. The zero-order valence-corrected chi connectivity index (χ0v) is 6.64. The van der Waals surface area contributed by atoms with Gasteiger partial charge in [0.25, 0.3) is 0 Å². The molecule has 0 aliphatic heterocycles. The molecule has 1 saturated carbocycles. The SMILES string of the molecule is CC1(O)CCCCC(N)C1. The second-order valence-corrected chi connectivity index (χ2v) is 3.71. The van der Waals surface area contributed by atoms with Crippen molar-refractivity contribution in [3.63, 3.8) is 0 Å². The fourth-order valence-electron chi connectivity index (χ4n) is 1.68. The van der Waals surface area contributed by atoms with Crippen LogP contribution in [0.2, 0.25) is 0 Å². The maximum Gasteiger partial charge on any atom is 0.0634 e. The Kier molecular flexibility index (Phi) is 2.32. The minimum absolute atomic E-state index is 0.220. The van der Waals surface area contributed by atoms with Gasteiger partial charge in [-0.25, -0.2) is 0 Å². The second-order valence-electron chi connectivity index (χ2n) is 3.71. The van der Waals surface area contributed by atoms with Gasteiger partial charge in [0, 0.05) is 6.04 Å². The lowest BCUT2D eigenvalue weighted by atomic mass is 9.96. The maximum atomic E-state index is 9.64. The zero-order chi connectivity index (χ0) is 7.61. The van der Waals surface area contributed by atoms with Crippen LogP contribution in [0.5, 0.6) is 0 Å². The quantitative estimate of drug-likeness (QED) is 0.497. The van der Waals surface area contributed by atoms with E-state index in [1.165, 1.54) is 6.42 Å². The van der Waals surface area contributed by atoms with Crippen molar-refractivity contribution in [1.29, 1.82) is 0 Å². The Labute approximate surface area is 62.4 Å². The molecule has 1 aliphatic rings. The van der Waals surface area contributed by atoms with Crippen LogP contribution in [0.4, 0.5) is 0 Å². The first-order valence-corrected chi connectivity index (χ1v) is 4.08. The molecular weight excluding hydrogens is 126 g/mol. The summed E-state index contributed by atoms with van der Waals surface area (Å²) in [7, 11) is 0. The van der Waals surface area contributed by atoms with Gasteiger partial charge >= 0.3 is 0 Å². The van der Waals surface area contributed by atoms with Crippen molar-refractivity contribution in [3.8, 4) is 0 Å². The predicted molar refractivity (Wildman–Crippen MR) is 41.7 cm³/mol. The molecule has 2 heteroatoms. The molecule has 0 aromatic heterocycles. The third kappa shape index (κ3) is 2.27. The minimum Gasteiger partial charge on any atom is -0.390 e. The number of rotatable bonds is 0. The van der Waals surface area contributed by atoms with Crippen molar-refractivity contribution in [3.05, 3.63) is 0 Å². The molecule has 2 atom stereocenters. The first-order chi connectivity index (χ1) is 4.60. The van der Waals surface area contributed by atoms with Gasteiger partial charge in [-0.3, -0.25) is 0 Å². The van der Waals surface area contributed by atoms with Gasteiger partial charge in [-0.1, -0.05) is 12.8 Å². The Morgan fingerprint density at radius 3 is 2.90 bits per heavy atom. The minimum atomic E-state index is -0.490. The molecule has 1 rings (SSSR count). The van der Waals surface area contributed by atoms with Gasteiger partial charge in [-0.05, 0) is 26.2 Å². The summed E-state index contributed by atoms with van der Waals surface area (Å²) >= 11 is 0. The molecule has 3 N–H and O–H groups in total. The molecule has 0 saturated heterocycles. The first-order valence-electron chi connectivity index (χ1n) is 4.08. The largest absolute Gasteiger partial charge is 0.390 e. The van der Waals surface area contributed by atoms with Crippen LogP contribution in [0.15, 0.2) is 0 Å². The Bertz CT molecular complexity index is 112. The second kappa shape index (κ2) is 2.89. The van der Waals surface area contributed by atoms with Gasteiger partial charge in [0.05, 0.1) is 5.60 Å². The van der Waals surface area contributed by atoms with E-state index in [9.17, 15) is 5.11 Å². The smallest absolute Gasteiger partial charge is 0.0634 e. The van der Waals surface area contributed by atoms with Crippen molar-refractivity contribution in [2.75, 3.05) is 0 Å². The number of aliphatic hydroxyl groups is 1. The summed E-state index contributed by atoms with van der Waals surface area (Å²) < 4.78 is 0. The van der Waals surface area contributed by atoms with Crippen LogP contribution < -0.4 is 5.73 Å². The van der Waals surface area contributed by atoms with Gasteiger partial charge in [0.1, 0.15) is 0 Å². The zero-order valence-electron chi connectivity index (χ0n) is 6.64. The van der Waals surface area contributed by atoms with Crippen molar-refractivity contribution in [1.82, 2.24) is 0 Å².